The molecule has 5 heteroatoms. The molecule has 0 unspecified atom stereocenters. The summed E-state index contributed by atoms with van der Waals surface area (Å²) in [5, 5.41) is 3.26. The molecule has 0 atom stereocenters. The molecule has 2 heterocycles. The number of rotatable bonds is 5. The molecule has 21 heavy (non-hydrogen) atoms. The van der Waals surface area contributed by atoms with Crippen LogP contribution in [0.1, 0.15) is 37.7 Å². The Labute approximate surface area is 127 Å². The summed E-state index contributed by atoms with van der Waals surface area (Å²) in [6.07, 6.45) is 2.81. The first-order valence-corrected chi connectivity index (χ1v) is 7.85. The summed E-state index contributed by atoms with van der Waals surface area (Å²) in [5.74, 6) is 0.0421. The van der Waals surface area contributed by atoms with Crippen LogP contribution in [0.15, 0.2) is 18.3 Å². The van der Waals surface area contributed by atoms with E-state index in [9.17, 15) is 4.79 Å². The molecule has 1 aromatic heterocycles. The Kier molecular flexibility index (Phi) is 5.56. The van der Waals surface area contributed by atoms with Crippen molar-refractivity contribution < 1.29 is 4.79 Å². The van der Waals surface area contributed by atoms with Crippen LogP contribution in [0, 0.1) is 0 Å². The Balaban J connectivity index is 1.91. The number of piperazine rings is 1. The van der Waals surface area contributed by atoms with Crippen LogP contribution in [-0.2, 0) is 0 Å². The SMILES string of the molecule is CCCNc1ccc(C(=O)N2CCN(C(C)C)CC2)nc1. The van der Waals surface area contributed by atoms with Crippen LogP contribution in [-0.4, -0.2) is 59.5 Å². The van der Waals surface area contributed by atoms with Gasteiger partial charge in [-0.3, -0.25) is 9.69 Å². The minimum Gasteiger partial charge on any atom is -0.384 e. The molecule has 1 amide bonds. The van der Waals surface area contributed by atoms with E-state index in [1.165, 1.54) is 0 Å². The van der Waals surface area contributed by atoms with Crippen LogP contribution in [0.4, 0.5) is 5.69 Å². The van der Waals surface area contributed by atoms with E-state index in [1.807, 2.05) is 17.0 Å². The van der Waals surface area contributed by atoms with Crippen LogP contribution in [0.5, 0.6) is 0 Å². The van der Waals surface area contributed by atoms with Crippen molar-refractivity contribution >= 4 is 11.6 Å². The van der Waals surface area contributed by atoms with Crippen LogP contribution in [0.25, 0.3) is 0 Å². The third-order valence-electron chi connectivity index (χ3n) is 3.89. The van der Waals surface area contributed by atoms with Crippen molar-refractivity contribution in [1.82, 2.24) is 14.8 Å². The Morgan fingerprint density at radius 3 is 2.52 bits per heavy atom. The van der Waals surface area contributed by atoms with Gasteiger partial charge in [-0.1, -0.05) is 6.92 Å². The number of pyridine rings is 1. The summed E-state index contributed by atoms with van der Waals surface area (Å²) in [6, 6.07) is 4.29. The van der Waals surface area contributed by atoms with Crippen LogP contribution < -0.4 is 5.32 Å². The maximum Gasteiger partial charge on any atom is 0.272 e. The number of hydrogen-bond donors (Lipinski definition) is 1. The largest absolute Gasteiger partial charge is 0.384 e. The van der Waals surface area contributed by atoms with Crippen LogP contribution >= 0.6 is 0 Å². The molecule has 1 N–H and O–H groups in total. The van der Waals surface area contributed by atoms with Crippen molar-refractivity contribution in [2.45, 2.75) is 33.2 Å². The van der Waals surface area contributed by atoms with Crippen molar-refractivity contribution in [3.63, 3.8) is 0 Å². The van der Waals surface area contributed by atoms with E-state index in [0.717, 1.165) is 44.8 Å². The second-order valence-electron chi connectivity index (χ2n) is 5.78. The lowest BCUT2D eigenvalue weighted by atomic mass is 10.2. The van der Waals surface area contributed by atoms with Crippen LogP contribution in [0.2, 0.25) is 0 Å². The van der Waals surface area contributed by atoms with Gasteiger partial charge in [0.2, 0.25) is 0 Å². The summed E-state index contributed by atoms with van der Waals surface area (Å²) in [5.41, 5.74) is 1.51. The van der Waals surface area contributed by atoms with Crippen molar-refractivity contribution in [1.29, 1.82) is 0 Å². The standard InChI is InChI=1S/C16H26N4O/c1-4-7-17-14-5-6-15(18-12-14)16(21)20-10-8-19(9-11-20)13(2)3/h5-6,12-13,17H,4,7-11H2,1-3H3. The molecule has 1 aliphatic heterocycles. The summed E-state index contributed by atoms with van der Waals surface area (Å²) in [7, 11) is 0. The molecule has 116 valence electrons. The van der Waals surface area contributed by atoms with Crippen molar-refractivity contribution in [2.24, 2.45) is 0 Å². The second-order valence-corrected chi connectivity index (χ2v) is 5.78. The maximum absolute atomic E-state index is 12.4. The Hall–Kier alpha value is -1.62. The molecular formula is C16H26N4O. The molecule has 1 aromatic rings. The second kappa shape index (κ2) is 7.41. The van der Waals surface area contributed by atoms with Gasteiger partial charge < -0.3 is 10.2 Å². The molecule has 0 aliphatic carbocycles. The average Bonchev–Trinajstić information content (AvgIpc) is 2.53. The predicted molar refractivity (Wildman–Crippen MR) is 85.6 cm³/mol. The molecule has 0 aromatic carbocycles. The summed E-state index contributed by atoms with van der Waals surface area (Å²) < 4.78 is 0. The highest BCUT2D eigenvalue weighted by molar-refractivity contribution is 5.92. The molecule has 0 saturated carbocycles. The average molecular weight is 290 g/mol. The van der Waals surface area contributed by atoms with Gasteiger partial charge in [0.05, 0.1) is 11.9 Å². The summed E-state index contributed by atoms with van der Waals surface area (Å²) >= 11 is 0. The molecule has 0 bridgehead atoms. The van der Waals surface area contributed by atoms with E-state index in [-0.39, 0.29) is 5.91 Å². The fraction of sp³-hybridized carbons (Fsp3) is 0.625. The van der Waals surface area contributed by atoms with Crippen molar-refractivity contribution in [3.05, 3.63) is 24.0 Å². The number of amides is 1. The van der Waals surface area contributed by atoms with Gasteiger partial charge in [0.15, 0.2) is 0 Å². The molecule has 1 saturated heterocycles. The summed E-state index contributed by atoms with van der Waals surface area (Å²) in [4.78, 5) is 21.0. The van der Waals surface area contributed by atoms with Gasteiger partial charge in [-0.25, -0.2) is 4.98 Å². The monoisotopic (exact) mass is 290 g/mol. The number of carbonyl (C=O) groups excluding carboxylic acids is 1. The van der Waals surface area contributed by atoms with E-state index in [4.69, 9.17) is 0 Å². The maximum atomic E-state index is 12.4. The van der Waals surface area contributed by atoms with E-state index in [1.54, 1.807) is 6.20 Å². The van der Waals surface area contributed by atoms with Gasteiger partial charge in [-0.2, -0.15) is 0 Å². The highest BCUT2D eigenvalue weighted by atomic mass is 16.2. The highest BCUT2D eigenvalue weighted by Gasteiger charge is 2.23. The lowest BCUT2D eigenvalue weighted by Gasteiger charge is -2.36. The molecule has 1 fully saturated rings. The first-order chi connectivity index (χ1) is 10.1. The first-order valence-electron chi connectivity index (χ1n) is 7.85. The van der Waals surface area contributed by atoms with Crippen LogP contribution in [0.3, 0.4) is 0 Å². The van der Waals surface area contributed by atoms with Gasteiger partial charge in [-0.05, 0) is 32.4 Å². The minimum absolute atomic E-state index is 0.0421. The quantitative estimate of drug-likeness (QED) is 0.902. The number of aromatic nitrogens is 1. The zero-order chi connectivity index (χ0) is 15.2. The zero-order valence-electron chi connectivity index (χ0n) is 13.3. The fourth-order valence-electron chi connectivity index (χ4n) is 2.50. The lowest BCUT2D eigenvalue weighted by Crippen LogP contribution is -2.50. The van der Waals surface area contributed by atoms with Crippen molar-refractivity contribution in [2.75, 3.05) is 38.0 Å². The third-order valence-corrected chi connectivity index (χ3v) is 3.89. The van der Waals surface area contributed by atoms with E-state index >= 15 is 0 Å². The van der Waals surface area contributed by atoms with Crippen molar-refractivity contribution in [3.8, 4) is 0 Å². The molecule has 5 nitrogen and oxygen atoms in total. The molecule has 0 spiro atoms. The normalized spacial score (nSPS) is 16.3. The molecular weight excluding hydrogens is 264 g/mol. The first kappa shape index (κ1) is 15.8. The van der Waals surface area contributed by atoms with Gasteiger partial charge in [-0.15, -0.1) is 0 Å². The van der Waals surface area contributed by atoms with Gasteiger partial charge in [0.1, 0.15) is 5.69 Å². The predicted octanol–water partition coefficient (Wildman–Crippen LogP) is 2.07. The van der Waals surface area contributed by atoms with E-state index < -0.39 is 0 Å². The Morgan fingerprint density at radius 1 is 1.29 bits per heavy atom. The van der Waals surface area contributed by atoms with Gasteiger partial charge in [0.25, 0.3) is 5.91 Å². The van der Waals surface area contributed by atoms with Gasteiger partial charge >= 0.3 is 0 Å². The topological polar surface area (TPSA) is 48.5 Å². The number of nitrogens with one attached hydrogen (secondary N) is 1. The number of carbonyl (C=O) groups is 1. The van der Waals surface area contributed by atoms with Gasteiger partial charge in [0, 0.05) is 38.8 Å². The number of anilines is 1. The highest BCUT2D eigenvalue weighted by Crippen LogP contribution is 2.11. The number of nitrogens with zero attached hydrogens (tertiary/aromatic N) is 3. The van der Waals surface area contributed by atoms with E-state index in [0.29, 0.717) is 11.7 Å². The smallest absolute Gasteiger partial charge is 0.272 e. The van der Waals surface area contributed by atoms with E-state index in [2.05, 4.69) is 36.0 Å². The fourth-order valence-corrected chi connectivity index (χ4v) is 2.50. The molecule has 2 rings (SSSR count). The molecule has 0 radical (unpaired) electrons. The third kappa shape index (κ3) is 4.17. The minimum atomic E-state index is 0.0421. The Bertz CT molecular complexity index is 450. The summed E-state index contributed by atoms with van der Waals surface area (Å²) in [6.45, 7) is 10.9. The zero-order valence-corrected chi connectivity index (χ0v) is 13.3. The molecule has 1 aliphatic rings. The Morgan fingerprint density at radius 2 is 2.00 bits per heavy atom. The lowest BCUT2D eigenvalue weighted by molar-refractivity contribution is 0.0590. The number of hydrogen-bond acceptors (Lipinski definition) is 4.